The molecule has 102 valence electrons. The highest BCUT2D eigenvalue weighted by molar-refractivity contribution is 5.97. The average molecular weight is 264 g/mol. The van der Waals surface area contributed by atoms with E-state index in [0.717, 1.165) is 0 Å². The van der Waals surface area contributed by atoms with Crippen LogP contribution in [0.2, 0.25) is 0 Å². The zero-order valence-electron chi connectivity index (χ0n) is 10.9. The number of nitrogens with zero attached hydrogens (tertiary/aromatic N) is 2. The number of amides is 1. The Morgan fingerprint density at radius 1 is 1.11 bits per heavy atom. The van der Waals surface area contributed by atoms with Crippen molar-refractivity contribution in [3.8, 4) is 0 Å². The van der Waals surface area contributed by atoms with E-state index >= 15 is 0 Å². The van der Waals surface area contributed by atoms with Gasteiger partial charge in [0.2, 0.25) is 5.91 Å². The van der Waals surface area contributed by atoms with Crippen molar-refractivity contribution in [2.45, 2.75) is 6.92 Å². The second-order valence-electron chi connectivity index (χ2n) is 4.71. The molecule has 1 aliphatic heterocycles. The molecule has 0 unspecified atom stereocenters. The molecule has 5 heteroatoms. The Kier molecular flexibility index (Phi) is 4.27. The van der Waals surface area contributed by atoms with Gasteiger partial charge in [-0.25, -0.2) is 4.39 Å². The molecule has 1 heterocycles. The molecule has 1 aliphatic rings. The Morgan fingerprint density at radius 2 is 1.68 bits per heavy atom. The van der Waals surface area contributed by atoms with Gasteiger partial charge < -0.3 is 4.90 Å². The van der Waals surface area contributed by atoms with E-state index in [1.807, 2.05) is 4.90 Å². The number of rotatable bonds is 3. The molecular formula is C14H17FN2O2. The Labute approximate surface area is 111 Å². The summed E-state index contributed by atoms with van der Waals surface area (Å²) in [5.41, 5.74) is 0.524. The summed E-state index contributed by atoms with van der Waals surface area (Å²) in [6, 6.07) is 5.59. The van der Waals surface area contributed by atoms with Crippen LogP contribution >= 0.6 is 0 Å². The van der Waals surface area contributed by atoms with Crippen LogP contribution in [-0.2, 0) is 4.79 Å². The Bertz CT molecular complexity index is 465. The molecule has 1 aromatic rings. The van der Waals surface area contributed by atoms with E-state index in [-0.39, 0.29) is 17.5 Å². The fraction of sp³-hybridized carbons (Fsp3) is 0.429. The fourth-order valence-corrected chi connectivity index (χ4v) is 2.15. The molecule has 1 saturated heterocycles. The summed E-state index contributed by atoms with van der Waals surface area (Å²) in [6.45, 7) is 4.59. The largest absolute Gasteiger partial charge is 0.340 e. The first-order valence-electron chi connectivity index (χ1n) is 6.33. The third-order valence-corrected chi connectivity index (χ3v) is 3.35. The molecule has 0 radical (unpaired) electrons. The van der Waals surface area contributed by atoms with Crippen molar-refractivity contribution in [2.75, 3.05) is 32.7 Å². The normalized spacial score (nSPS) is 16.4. The summed E-state index contributed by atoms with van der Waals surface area (Å²) in [5.74, 6) is -0.285. The zero-order chi connectivity index (χ0) is 13.8. The molecule has 1 amide bonds. The highest BCUT2D eigenvalue weighted by atomic mass is 19.1. The van der Waals surface area contributed by atoms with Gasteiger partial charge >= 0.3 is 0 Å². The van der Waals surface area contributed by atoms with Crippen molar-refractivity contribution in [1.82, 2.24) is 9.80 Å². The zero-order valence-corrected chi connectivity index (χ0v) is 10.9. The summed E-state index contributed by atoms with van der Waals surface area (Å²) in [6.07, 6.45) is 0. The third-order valence-electron chi connectivity index (χ3n) is 3.35. The van der Waals surface area contributed by atoms with Gasteiger partial charge in [0.05, 0.1) is 6.54 Å². The number of carbonyl (C=O) groups is 2. The summed E-state index contributed by atoms with van der Waals surface area (Å²) in [4.78, 5) is 27.0. The van der Waals surface area contributed by atoms with Crippen LogP contribution in [0.1, 0.15) is 17.3 Å². The number of ketones is 1. The predicted octanol–water partition coefficient (Wildman–Crippen LogP) is 1.17. The molecule has 0 aromatic heterocycles. The summed E-state index contributed by atoms with van der Waals surface area (Å²) in [5, 5.41) is 0. The van der Waals surface area contributed by atoms with E-state index in [2.05, 4.69) is 0 Å². The number of carbonyl (C=O) groups excluding carboxylic acids is 2. The maximum absolute atomic E-state index is 12.8. The van der Waals surface area contributed by atoms with E-state index in [1.165, 1.54) is 24.3 Å². The Balaban J connectivity index is 1.87. The topological polar surface area (TPSA) is 40.6 Å². The lowest BCUT2D eigenvalue weighted by atomic mass is 10.1. The van der Waals surface area contributed by atoms with Crippen molar-refractivity contribution >= 4 is 11.7 Å². The molecule has 0 N–H and O–H groups in total. The quantitative estimate of drug-likeness (QED) is 0.770. The van der Waals surface area contributed by atoms with Gasteiger partial charge in [0.1, 0.15) is 5.82 Å². The van der Waals surface area contributed by atoms with Crippen LogP contribution in [0.25, 0.3) is 0 Å². The molecular weight excluding hydrogens is 247 g/mol. The number of Topliss-reactive ketones (excluding diaryl/α,β-unsaturated/α-hetero) is 1. The number of piperazine rings is 1. The van der Waals surface area contributed by atoms with E-state index < -0.39 is 0 Å². The maximum atomic E-state index is 12.8. The van der Waals surface area contributed by atoms with Crippen molar-refractivity contribution in [2.24, 2.45) is 0 Å². The van der Waals surface area contributed by atoms with Crippen LogP contribution in [0.15, 0.2) is 24.3 Å². The van der Waals surface area contributed by atoms with Gasteiger partial charge in [0.25, 0.3) is 0 Å². The molecule has 19 heavy (non-hydrogen) atoms. The van der Waals surface area contributed by atoms with Gasteiger partial charge in [-0.3, -0.25) is 14.5 Å². The van der Waals surface area contributed by atoms with Crippen LogP contribution in [0.4, 0.5) is 4.39 Å². The standard InChI is InChI=1S/C14H17FN2O2/c1-11(18)17-8-6-16(7-9-17)10-14(19)12-2-4-13(15)5-3-12/h2-5H,6-10H2,1H3. The van der Waals surface area contributed by atoms with Gasteiger partial charge in [-0.15, -0.1) is 0 Å². The van der Waals surface area contributed by atoms with Crippen molar-refractivity contribution in [1.29, 1.82) is 0 Å². The lowest BCUT2D eigenvalue weighted by Gasteiger charge is -2.33. The SMILES string of the molecule is CC(=O)N1CCN(CC(=O)c2ccc(F)cc2)CC1. The van der Waals surface area contributed by atoms with Crippen LogP contribution < -0.4 is 0 Å². The van der Waals surface area contributed by atoms with Crippen molar-refractivity contribution in [3.63, 3.8) is 0 Å². The van der Waals surface area contributed by atoms with Gasteiger partial charge in [0, 0.05) is 38.7 Å². The molecule has 0 saturated carbocycles. The molecule has 1 aromatic carbocycles. The first-order chi connectivity index (χ1) is 9.06. The minimum atomic E-state index is -0.341. The summed E-state index contributed by atoms with van der Waals surface area (Å²) in [7, 11) is 0. The summed E-state index contributed by atoms with van der Waals surface area (Å²) >= 11 is 0. The van der Waals surface area contributed by atoms with Crippen LogP contribution in [0.5, 0.6) is 0 Å². The number of benzene rings is 1. The highest BCUT2D eigenvalue weighted by Crippen LogP contribution is 2.07. The van der Waals surface area contributed by atoms with E-state index in [1.54, 1.807) is 11.8 Å². The van der Waals surface area contributed by atoms with Crippen LogP contribution in [0, 0.1) is 5.82 Å². The smallest absolute Gasteiger partial charge is 0.219 e. The second kappa shape index (κ2) is 5.93. The van der Waals surface area contributed by atoms with E-state index in [9.17, 15) is 14.0 Å². The third kappa shape index (κ3) is 3.61. The summed E-state index contributed by atoms with van der Waals surface area (Å²) < 4.78 is 12.8. The molecule has 1 fully saturated rings. The first kappa shape index (κ1) is 13.7. The number of hydrogen-bond acceptors (Lipinski definition) is 3. The van der Waals surface area contributed by atoms with Gasteiger partial charge in [-0.2, -0.15) is 0 Å². The molecule has 0 spiro atoms. The van der Waals surface area contributed by atoms with Gasteiger partial charge in [-0.05, 0) is 24.3 Å². The lowest BCUT2D eigenvalue weighted by Crippen LogP contribution is -2.49. The molecule has 4 nitrogen and oxygen atoms in total. The predicted molar refractivity (Wildman–Crippen MR) is 69.4 cm³/mol. The maximum Gasteiger partial charge on any atom is 0.219 e. The van der Waals surface area contributed by atoms with Crippen molar-refractivity contribution in [3.05, 3.63) is 35.6 Å². The van der Waals surface area contributed by atoms with E-state index in [0.29, 0.717) is 38.3 Å². The average Bonchev–Trinajstić information content (AvgIpc) is 2.40. The molecule has 0 aliphatic carbocycles. The Morgan fingerprint density at radius 3 is 2.21 bits per heavy atom. The van der Waals surface area contributed by atoms with Crippen LogP contribution in [-0.4, -0.2) is 54.2 Å². The molecule has 2 rings (SSSR count). The fourth-order valence-electron chi connectivity index (χ4n) is 2.15. The van der Waals surface area contributed by atoms with Crippen molar-refractivity contribution < 1.29 is 14.0 Å². The van der Waals surface area contributed by atoms with Crippen LogP contribution in [0.3, 0.4) is 0 Å². The minimum Gasteiger partial charge on any atom is -0.340 e. The van der Waals surface area contributed by atoms with Gasteiger partial charge in [-0.1, -0.05) is 0 Å². The monoisotopic (exact) mass is 264 g/mol. The van der Waals surface area contributed by atoms with E-state index in [4.69, 9.17) is 0 Å². The number of halogens is 1. The molecule has 0 atom stereocenters. The lowest BCUT2D eigenvalue weighted by molar-refractivity contribution is -0.130. The Hall–Kier alpha value is -1.75. The second-order valence-corrected chi connectivity index (χ2v) is 4.71. The first-order valence-corrected chi connectivity index (χ1v) is 6.33. The molecule has 0 bridgehead atoms. The minimum absolute atomic E-state index is 0.0173. The highest BCUT2D eigenvalue weighted by Gasteiger charge is 2.20. The number of hydrogen-bond donors (Lipinski definition) is 0. The van der Waals surface area contributed by atoms with Gasteiger partial charge in [0.15, 0.2) is 5.78 Å².